The normalized spacial score (nSPS) is 13.0. The summed E-state index contributed by atoms with van der Waals surface area (Å²) >= 11 is 0. The van der Waals surface area contributed by atoms with Crippen molar-refractivity contribution >= 4 is 16.2 Å². The number of carboxylic acids is 1. The van der Waals surface area contributed by atoms with E-state index in [0.717, 1.165) is 10.7 Å². The van der Waals surface area contributed by atoms with Gasteiger partial charge in [0.2, 0.25) is 0 Å². The van der Waals surface area contributed by atoms with Crippen molar-refractivity contribution in [3.05, 3.63) is 0 Å². The van der Waals surface area contributed by atoms with Crippen molar-refractivity contribution in [1.82, 2.24) is 9.03 Å². The lowest BCUT2D eigenvalue weighted by atomic mass is 9.91. The average Bonchev–Trinajstić information content (AvgIpc) is 2.23. The maximum absolute atomic E-state index is 11.7. The van der Waals surface area contributed by atoms with Crippen molar-refractivity contribution in [3.63, 3.8) is 0 Å². The van der Waals surface area contributed by atoms with Crippen molar-refractivity contribution in [2.24, 2.45) is 5.41 Å². The molecule has 17 heavy (non-hydrogen) atoms. The fourth-order valence-electron chi connectivity index (χ4n) is 0.895. The third kappa shape index (κ3) is 6.60. The molecule has 0 unspecified atom stereocenters. The molecular weight excluding hydrogens is 244 g/mol. The number of nitrogens with one attached hydrogen (secondary N) is 1. The van der Waals surface area contributed by atoms with Gasteiger partial charge in [-0.15, -0.1) is 0 Å². The van der Waals surface area contributed by atoms with Crippen molar-refractivity contribution in [2.75, 3.05) is 20.1 Å². The lowest BCUT2D eigenvalue weighted by Crippen LogP contribution is -2.42. The van der Waals surface area contributed by atoms with Gasteiger partial charge in [-0.3, -0.25) is 4.79 Å². The van der Waals surface area contributed by atoms with Crippen LogP contribution >= 0.6 is 0 Å². The molecule has 0 bridgehead atoms. The summed E-state index contributed by atoms with van der Waals surface area (Å²) in [4.78, 5) is 10.4. The van der Waals surface area contributed by atoms with Gasteiger partial charge in [-0.05, 0) is 11.8 Å². The van der Waals surface area contributed by atoms with E-state index in [0.29, 0.717) is 6.54 Å². The Bertz CT molecular complexity index is 351. The number of carbonyl (C=O) groups is 1. The van der Waals surface area contributed by atoms with Gasteiger partial charge >= 0.3 is 5.97 Å². The summed E-state index contributed by atoms with van der Waals surface area (Å²) in [5.74, 6) is -1.01. The van der Waals surface area contributed by atoms with Gasteiger partial charge in [0.15, 0.2) is 0 Å². The Morgan fingerprint density at radius 1 is 1.41 bits per heavy atom. The first kappa shape index (κ1) is 16.3. The summed E-state index contributed by atoms with van der Waals surface area (Å²) in [6.45, 7) is 6.22. The summed E-state index contributed by atoms with van der Waals surface area (Å²) in [6.07, 6.45) is 0.656. The van der Waals surface area contributed by atoms with Crippen molar-refractivity contribution in [3.8, 4) is 0 Å². The van der Waals surface area contributed by atoms with Crippen LogP contribution in [0.2, 0.25) is 0 Å². The van der Waals surface area contributed by atoms with E-state index in [-0.39, 0.29) is 18.4 Å². The molecule has 0 aliphatic rings. The van der Waals surface area contributed by atoms with Gasteiger partial charge in [0.05, 0.1) is 6.42 Å². The summed E-state index contributed by atoms with van der Waals surface area (Å²) in [7, 11) is -2.21. The summed E-state index contributed by atoms with van der Waals surface area (Å²) < 4.78 is 27.0. The van der Waals surface area contributed by atoms with Crippen LogP contribution in [0.3, 0.4) is 0 Å². The fourth-order valence-corrected chi connectivity index (χ4v) is 2.02. The Balaban J connectivity index is 4.33. The summed E-state index contributed by atoms with van der Waals surface area (Å²) in [5, 5.41) is 8.48. The minimum Gasteiger partial charge on any atom is -0.481 e. The largest absolute Gasteiger partial charge is 0.481 e. The van der Waals surface area contributed by atoms with Crippen LogP contribution in [0.4, 0.5) is 0 Å². The van der Waals surface area contributed by atoms with E-state index in [1.165, 1.54) is 7.05 Å². The fraction of sp³-hybridized carbons (Fsp3) is 0.900. The van der Waals surface area contributed by atoms with Gasteiger partial charge in [-0.2, -0.15) is 12.7 Å². The van der Waals surface area contributed by atoms with Crippen LogP contribution in [0.15, 0.2) is 0 Å². The van der Waals surface area contributed by atoms with E-state index in [9.17, 15) is 13.2 Å². The third-order valence-electron chi connectivity index (χ3n) is 2.74. The number of rotatable bonds is 8. The van der Waals surface area contributed by atoms with E-state index in [1.807, 2.05) is 20.8 Å². The standard InChI is InChI=1S/C10H22N2O4S/c1-5-10(2,3)8-11-17(15,16)12(4)7-6-9(13)14/h11H,5-8H2,1-4H3,(H,13,14). The molecular formula is C10H22N2O4S. The molecule has 0 fully saturated rings. The van der Waals surface area contributed by atoms with E-state index < -0.39 is 16.2 Å². The topological polar surface area (TPSA) is 86.7 Å². The molecule has 0 atom stereocenters. The molecule has 0 aliphatic heterocycles. The highest BCUT2D eigenvalue weighted by molar-refractivity contribution is 7.87. The van der Waals surface area contributed by atoms with Crippen LogP contribution in [0.1, 0.15) is 33.6 Å². The molecule has 6 nitrogen and oxygen atoms in total. The van der Waals surface area contributed by atoms with Gasteiger partial charge in [-0.25, -0.2) is 4.72 Å². The molecule has 2 N–H and O–H groups in total. The Labute approximate surface area is 103 Å². The van der Waals surface area contributed by atoms with Crippen molar-refractivity contribution in [1.29, 1.82) is 0 Å². The van der Waals surface area contributed by atoms with Crippen LogP contribution in [-0.4, -0.2) is 43.9 Å². The molecule has 0 aromatic rings. The molecule has 0 saturated heterocycles. The zero-order valence-corrected chi connectivity index (χ0v) is 11.7. The molecule has 0 aromatic carbocycles. The summed E-state index contributed by atoms with van der Waals surface area (Å²) in [6, 6.07) is 0. The molecule has 7 heteroatoms. The third-order valence-corrected chi connectivity index (χ3v) is 4.25. The second-order valence-corrected chi connectivity index (χ2v) is 6.67. The van der Waals surface area contributed by atoms with Gasteiger partial charge in [0.25, 0.3) is 10.2 Å². The monoisotopic (exact) mass is 266 g/mol. The lowest BCUT2D eigenvalue weighted by molar-refractivity contribution is -0.137. The molecule has 0 radical (unpaired) electrons. The second-order valence-electron chi connectivity index (χ2n) is 4.81. The highest BCUT2D eigenvalue weighted by atomic mass is 32.2. The Morgan fingerprint density at radius 2 is 1.94 bits per heavy atom. The van der Waals surface area contributed by atoms with Gasteiger partial charge < -0.3 is 5.11 Å². The quantitative estimate of drug-likeness (QED) is 0.676. The van der Waals surface area contributed by atoms with E-state index >= 15 is 0 Å². The predicted molar refractivity (Wildman–Crippen MR) is 65.9 cm³/mol. The molecule has 0 rings (SSSR count). The lowest BCUT2D eigenvalue weighted by Gasteiger charge is -2.25. The van der Waals surface area contributed by atoms with E-state index in [2.05, 4.69) is 4.72 Å². The van der Waals surface area contributed by atoms with Crippen LogP contribution in [0.25, 0.3) is 0 Å². The van der Waals surface area contributed by atoms with Crippen LogP contribution in [0.5, 0.6) is 0 Å². The Kier molecular flexibility index (Phi) is 6.08. The van der Waals surface area contributed by atoms with Crippen molar-refractivity contribution in [2.45, 2.75) is 33.6 Å². The van der Waals surface area contributed by atoms with E-state index in [1.54, 1.807) is 0 Å². The first-order chi connectivity index (χ1) is 7.60. The van der Waals surface area contributed by atoms with Gasteiger partial charge in [0.1, 0.15) is 0 Å². The number of nitrogens with zero attached hydrogens (tertiary/aromatic N) is 1. The Morgan fingerprint density at radius 3 is 2.35 bits per heavy atom. The molecule has 0 aliphatic carbocycles. The number of carboxylic acid groups (broad SMARTS) is 1. The highest BCUT2D eigenvalue weighted by Crippen LogP contribution is 2.18. The first-order valence-corrected chi connectivity index (χ1v) is 6.97. The number of hydrogen-bond donors (Lipinski definition) is 2. The second kappa shape index (κ2) is 6.32. The average molecular weight is 266 g/mol. The van der Waals surface area contributed by atoms with Gasteiger partial charge in [-0.1, -0.05) is 20.8 Å². The maximum atomic E-state index is 11.7. The minimum atomic E-state index is -3.58. The zero-order valence-electron chi connectivity index (χ0n) is 10.9. The SMILES string of the molecule is CCC(C)(C)CNS(=O)(=O)N(C)CCC(=O)O. The van der Waals surface area contributed by atoms with Crippen LogP contribution in [0, 0.1) is 5.41 Å². The molecule has 0 spiro atoms. The predicted octanol–water partition coefficient (Wildman–Crippen LogP) is 0.664. The number of hydrogen-bond acceptors (Lipinski definition) is 3. The molecule has 0 amide bonds. The van der Waals surface area contributed by atoms with Crippen LogP contribution < -0.4 is 4.72 Å². The van der Waals surface area contributed by atoms with Crippen LogP contribution in [-0.2, 0) is 15.0 Å². The first-order valence-electron chi connectivity index (χ1n) is 5.53. The molecule has 102 valence electrons. The molecule has 0 saturated carbocycles. The molecule has 0 aromatic heterocycles. The maximum Gasteiger partial charge on any atom is 0.304 e. The summed E-state index contributed by atoms with van der Waals surface area (Å²) in [5.41, 5.74) is -0.110. The Hall–Kier alpha value is -0.660. The minimum absolute atomic E-state index is 0.0305. The zero-order chi connectivity index (χ0) is 13.7. The molecule has 0 heterocycles. The highest BCUT2D eigenvalue weighted by Gasteiger charge is 2.22. The van der Waals surface area contributed by atoms with Crippen molar-refractivity contribution < 1.29 is 18.3 Å². The smallest absolute Gasteiger partial charge is 0.304 e. The van der Waals surface area contributed by atoms with Gasteiger partial charge in [0, 0.05) is 20.1 Å². The number of aliphatic carboxylic acids is 1. The van der Waals surface area contributed by atoms with E-state index in [4.69, 9.17) is 5.11 Å².